The Bertz CT molecular complexity index is 725. The minimum absolute atomic E-state index is 0. The van der Waals surface area contributed by atoms with Crippen molar-refractivity contribution in [2.24, 2.45) is 4.99 Å². The number of nitrogens with zero attached hydrogens (tertiary/aromatic N) is 1. The predicted octanol–water partition coefficient (Wildman–Crippen LogP) is 3.33. The summed E-state index contributed by atoms with van der Waals surface area (Å²) < 4.78 is 13.5. The number of hydrogen-bond donors (Lipinski definition) is 4. The lowest BCUT2D eigenvalue weighted by molar-refractivity contribution is 0.120. The number of H-pyrrole nitrogens is 1. The number of rotatable bonds is 5. The Balaban J connectivity index is 0.00000243. The number of aliphatic hydroxyl groups is 1. The van der Waals surface area contributed by atoms with Gasteiger partial charge in [-0.25, -0.2) is 4.39 Å². The number of benzene rings is 1. The highest BCUT2D eigenvalue weighted by Gasteiger charge is 2.19. The number of aromatic nitrogens is 1. The maximum Gasteiger partial charge on any atom is 0.191 e. The second-order valence-electron chi connectivity index (χ2n) is 6.66. The normalized spacial score (nSPS) is 20.7. The summed E-state index contributed by atoms with van der Waals surface area (Å²) in [5.74, 6) is 0.598. The van der Waals surface area contributed by atoms with E-state index in [2.05, 4.69) is 20.6 Å². The molecule has 26 heavy (non-hydrogen) atoms. The molecule has 1 aliphatic carbocycles. The van der Waals surface area contributed by atoms with Gasteiger partial charge in [0.15, 0.2) is 5.96 Å². The van der Waals surface area contributed by atoms with Crippen molar-refractivity contribution in [1.82, 2.24) is 15.6 Å². The van der Waals surface area contributed by atoms with Crippen LogP contribution in [0, 0.1) is 5.82 Å². The molecule has 1 aromatic carbocycles. The van der Waals surface area contributed by atoms with Gasteiger partial charge >= 0.3 is 0 Å². The van der Waals surface area contributed by atoms with Gasteiger partial charge in [0, 0.05) is 36.2 Å². The van der Waals surface area contributed by atoms with Gasteiger partial charge in [0.1, 0.15) is 5.82 Å². The van der Waals surface area contributed by atoms with Gasteiger partial charge in [-0.15, -0.1) is 24.0 Å². The topological polar surface area (TPSA) is 72.4 Å². The first-order chi connectivity index (χ1) is 12.2. The zero-order chi connectivity index (χ0) is 17.6. The number of hydrogen-bond acceptors (Lipinski definition) is 2. The summed E-state index contributed by atoms with van der Waals surface area (Å²) >= 11 is 0. The van der Waals surface area contributed by atoms with Crippen molar-refractivity contribution in [3.8, 4) is 0 Å². The maximum absolute atomic E-state index is 13.5. The molecule has 4 N–H and O–H groups in total. The molecule has 7 heteroatoms. The Morgan fingerprint density at radius 1 is 1.31 bits per heavy atom. The van der Waals surface area contributed by atoms with E-state index in [-0.39, 0.29) is 35.9 Å². The van der Waals surface area contributed by atoms with E-state index in [1.807, 2.05) is 13.1 Å². The average molecular weight is 474 g/mol. The van der Waals surface area contributed by atoms with Gasteiger partial charge in [0.25, 0.3) is 0 Å². The lowest BCUT2D eigenvalue weighted by atomic mass is 9.93. The SMILES string of the molecule is CCNC(=NCCc1c[nH]c2ccc(F)cc12)NC1CCC(O)CC1.I. The molecule has 0 saturated heterocycles. The molecule has 0 bridgehead atoms. The molecule has 5 nitrogen and oxygen atoms in total. The Morgan fingerprint density at radius 3 is 2.81 bits per heavy atom. The van der Waals surface area contributed by atoms with Crippen molar-refractivity contribution >= 4 is 40.8 Å². The number of nitrogens with one attached hydrogen (secondary N) is 3. The summed E-state index contributed by atoms with van der Waals surface area (Å²) in [7, 11) is 0. The van der Waals surface area contributed by atoms with E-state index in [9.17, 15) is 9.50 Å². The molecule has 0 amide bonds. The molecule has 2 aromatic rings. The van der Waals surface area contributed by atoms with E-state index in [0.29, 0.717) is 12.6 Å². The Labute approximate surface area is 170 Å². The summed E-state index contributed by atoms with van der Waals surface area (Å²) in [5, 5.41) is 17.3. The second-order valence-corrected chi connectivity index (χ2v) is 6.66. The second kappa shape index (κ2) is 10.1. The van der Waals surface area contributed by atoms with E-state index in [4.69, 9.17) is 0 Å². The first-order valence-corrected chi connectivity index (χ1v) is 9.14. The third-order valence-electron chi connectivity index (χ3n) is 4.76. The molecule has 1 saturated carbocycles. The molecule has 1 heterocycles. The highest BCUT2D eigenvalue weighted by Crippen LogP contribution is 2.20. The van der Waals surface area contributed by atoms with E-state index in [1.165, 1.54) is 6.07 Å². The summed E-state index contributed by atoms with van der Waals surface area (Å²) in [5.41, 5.74) is 2.03. The third-order valence-corrected chi connectivity index (χ3v) is 4.76. The van der Waals surface area contributed by atoms with Gasteiger partial charge in [0.2, 0.25) is 0 Å². The quantitative estimate of drug-likeness (QED) is 0.305. The molecular weight excluding hydrogens is 446 g/mol. The van der Waals surface area contributed by atoms with Crippen LogP contribution in [-0.4, -0.2) is 41.3 Å². The van der Waals surface area contributed by atoms with Gasteiger partial charge in [-0.1, -0.05) is 0 Å². The fourth-order valence-electron chi connectivity index (χ4n) is 3.38. The monoisotopic (exact) mass is 474 g/mol. The van der Waals surface area contributed by atoms with Crippen LogP contribution in [0.5, 0.6) is 0 Å². The van der Waals surface area contributed by atoms with Gasteiger partial charge in [0.05, 0.1) is 6.10 Å². The van der Waals surface area contributed by atoms with Crippen molar-refractivity contribution in [3.05, 3.63) is 35.8 Å². The molecule has 1 aromatic heterocycles. The number of halogens is 2. The highest BCUT2D eigenvalue weighted by atomic mass is 127. The van der Waals surface area contributed by atoms with Crippen LogP contribution in [0.3, 0.4) is 0 Å². The zero-order valence-corrected chi connectivity index (χ0v) is 17.4. The first kappa shape index (κ1) is 21.0. The summed E-state index contributed by atoms with van der Waals surface area (Å²) in [4.78, 5) is 7.83. The minimum Gasteiger partial charge on any atom is -0.393 e. The lowest BCUT2D eigenvalue weighted by Gasteiger charge is -2.27. The molecule has 144 valence electrons. The fourth-order valence-corrected chi connectivity index (χ4v) is 3.38. The van der Waals surface area contributed by atoms with Gasteiger partial charge in [-0.2, -0.15) is 0 Å². The zero-order valence-electron chi connectivity index (χ0n) is 15.1. The summed E-state index contributed by atoms with van der Waals surface area (Å²) in [6.07, 6.45) is 6.16. The molecule has 0 unspecified atom stereocenters. The summed E-state index contributed by atoms with van der Waals surface area (Å²) in [6.45, 7) is 3.48. The standard InChI is InChI=1S/C19H27FN4O.HI/c1-2-21-19(24-15-4-6-16(25)7-5-15)22-10-9-13-12-23-18-8-3-14(20)11-17(13)18;/h3,8,11-12,15-16,23,25H,2,4-7,9-10H2,1H3,(H2,21,22,24);1H. The Morgan fingerprint density at radius 2 is 2.08 bits per heavy atom. The lowest BCUT2D eigenvalue weighted by Crippen LogP contribution is -2.45. The number of fused-ring (bicyclic) bond motifs is 1. The van der Waals surface area contributed by atoms with Crippen LogP contribution in [0.4, 0.5) is 4.39 Å². The fraction of sp³-hybridized carbons (Fsp3) is 0.526. The molecule has 3 rings (SSSR count). The van der Waals surface area contributed by atoms with Gasteiger partial charge < -0.3 is 20.7 Å². The smallest absolute Gasteiger partial charge is 0.191 e. The van der Waals surface area contributed by atoms with Crippen molar-refractivity contribution in [2.45, 2.75) is 51.2 Å². The molecular formula is C19H28FIN4O. The maximum atomic E-state index is 13.5. The van der Waals surface area contributed by atoms with E-state index < -0.39 is 0 Å². The largest absolute Gasteiger partial charge is 0.393 e. The van der Waals surface area contributed by atoms with E-state index in [1.54, 1.807) is 12.1 Å². The van der Waals surface area contributed by atoms with Crippen LogP contribution >= 0.6 is 24.0 Å². The number of aliphatic hydroxyl groups excluding tert-OH is 1. The van der Waals surface area contributed by atoms with E-state index in [0.717, 1.165) is 61.1 Å². The molecule has 0 spiro atoms. The Kier molecular flexibility index (Phi) is 8.15. The van der Waals surface area contributed by atoms with Crippen molar-refractivity contribution in [3.63, 3.8) is 0 Å². The third kappa shape index (κ3) is 5.57. The summed E-state index contributed by atoms with van der Waals surface area (Å²) in [6, 6.07) is 5.17. The van der Waals surface area contributed by atoms with Crippen LogP contribution < -0.4 is 10.6 Å². The number of guanidine groups is 1. The Hall–Kier alpha value is -1.35. The van der Waals surface area contributed by atoms with Crippen LogP contribution in [0.15, 0.2) is 29.4 Å². The van der Waals surface area contributed by atoms with Gasteiger partial charge in [-0.05, 0) is 62.8 Å². The van der Waals surface area contributed by atoms with Crippen molar-refractivity contribution in [2.75, 3.05) is 13.1 Å². The van der Waals surface area contributed by atoms with Crippen LogP contribution in [-0.2, 0) is 6.42 Å². The average Bonchev–Trinajstić information content (AvgIpc) is 2.99. The van der Waals surface area contributed by atoms with Crippen LogP contribution in [0.25, 0.3) is 10.9 Å². The highest BCUT2D eigenvalue weighted by molar-refractivity contribution is 14.0. The molecule has 0 aliphatic heterocycles. The molecule has 1 aliphatic rings. The number of aliphatic imine (C=N–C) groups is 1. The number of aromatic amines is 1. The molecule has 0 atom stereocenters. The molecule has 0 radical (unpaired) electrons. The van der Waals surface area contributed by atoms with Crippen molar-refractivity contribution < 1.29 is 9.50 Å². The molecule has 1 fully saturated rings. The van der Waals surface area contributed by atoms with Gasteiger partial charge in [-0.3, -0.25) is 4.99 Å². The minimum atomic E-state index is -0.216. The predicted molar refractivity (Wildman–Crippen MR) is 115 cm³/mol. The van der Waals surface area contributed by atoms with Crippen molar-refractivity contribution in [1.29, 1.82) is 0 Å². The first-order valence-electron chi connectivity index (χ1n) is 9.14. The van der Waals surface area contributed by atoms with Crippen LogP contribution in [0.2, 0.25) is 0 Å². The van der Waals surface area contributed by atoms with E-state index >= 15 is 0 Å². The van der Waals surface area contributed by atoms with Crippen LogP contribution in [0.1, 0.15) is 38.2 Å².